The van der Waals surface area contributed by atoms with Gasteiger partial charge in [0.2, 0.25) is 10.9 Å². The first-order valence-corrected chi connectivity index (χ1v) is 12.7. The molecule has 0 aliphatic rings. The van der Waals surface area contributed by atoms with Gasteiger partial charge in [-0.2, -0.15) is 10.2 Å². The minimum Gasteiger partial charge on any atom is -0.744 e. The predicted molar refractivity (Wildman–Crippen MR) is 126 cm³/mol. The summed E-state index contributed by atoms with van der Waals surface area (Å²) in [5.74, 6) is 0. The van der Waals surface area contributed by atoms with Crippen LogP contribution in [0.5, 0.6) is 0 Å². The van der Waals surface area contributed by atoms with Gasteiger partial charge in [0.25, 0.3) is 0 Å². The number of hydrogen-bond acceptors (Lipinski definition) is 12. The summed E-state index contributed by atoms with van der Waals surface area (Å²) < 4.78 is 67.7. The summed E-state index contributed by atoms with van der Waals surface area (Å²) in [6.45, 7) is 0. The van der Waals surface area contributed by atoms with Crippen molar-refractivity contribution in [1.29, 1.82) is 0 Å². The molecule has 0 amide bonds. The summed E-state index contributed by atoms with van der Waals surface area (Å²) in [4.78, 5) is 24.1. The van der Waals surface area contributed by atoms with E-state index in [2.05, 4.69) is 21.1 Å². The van der Waals surface area contributed by atoms with Gasteiger partial charge in [-0.3, -0.25) is 20.4 Å². The third-order valence-electron chi connectivity index (χ3n) is 4.96. The monoisotopic (exact) mass is 572 g/mol. The van der Waals surface area contributed by atoms with Gasteiger partial charge >= 0.3 is 59.1 Å². The number of rotatable bonds is 6. The second kappa shape index (κ2) is 12.7. The van der Waals surface area contributed by atoms with Gasteiger partial charge in [-0.05, 0) is 48.5 Å². The second-order valence-electron chi connectivity index (χ2n) is 7.30. The molecule has 38 heavy (non-hydrogen) atoms. The first-order valence-electron chi connectivity index (χ1n) is 9.93. The second-order valence-corrected chi connectivity index (χ2v) is 10.0. The Morgan fingerprint density at radius 1 is 0.658 bits per heavy atom. The van der Waals surface area contributed by atoms with Crippen molar-refractivity contribution in [2.45, 2.75) is 9.79 Å². The number of anilines is 2. The van der Waals surface area contributed by atoms with Gasteiger partial charge in [0, 0.05) is 10.8 Å². The Morgan fingerprint density at radius 2 is 1.29 bits per heavy atom. The summed E-state index contributed by atoms with van der Waals surface area (Å²) in [6, 6.07) is 15.4. The molecule has 0 heterocycles. The number of fused-ring (bicyclic) bond motifs is 1. The molecule has 0 aliphatic heterocycles. The van der Waals surface area contributed by atoms with E-state index in [9.17, 15) is 35.5 Å². The van der Waals surface area contributed by atoms with E-state index in [1.807, 2.05) is 0 Å². The van der Waals surface area contributed by atoms with E-state index in [1.54, 1.807) is 18.2 Å². The molecule has 16 heteroatoms. The molecular weight excluding hydrogens is 558 g/mol. The molecule has 0 atom stereocenters. The van der Waals surface area contributed by atoms with E-state index >= 15 is 0 Å². The van der Waals surface area contributed by atoms with E-state index in [0.717, 1.165) is 24.3 Å². The molecule has 4 rings (SSSR count). The van der Waals surface area contributed by atoms with Crippen LogP contribution in [0.15, 0.2) is 102 Å². The first kappa shape index (κ1) is 32.0. The molecule has 0 bridgehead atoms. The molecule has 0 saturated carbocycles. The molecule has 4 aromatic rings. The molecule has 4 aromatic carbocycles. The van der Waals surface area contributed by atoms with Gasteiger partial charge < -0.3 is 9.11 Å². The minimum absolute atomic E-state index is 0. The quantitative estimate of drug-likeness (QED) is 0.127. The summed E-state index contributed by atoms with van der Waals surface area (Å²) >= 11 is 0. The maximum atomic E-state index is 12.8. The van der Waals surface area contributed by atoms with E-state index in [-0.39, 0.29) is 75.5 Å². The number of hydrogen-bond donors (Lipinski definition) is 2. The van der Waals surface area contributed by atoms with Crippen molar-refractivity contribution in [2.75, 3.05) is 10.9 Å². The molecule has 2 N–H and O–H groups in total. The van der Waals surface area contributed by atoms with Crippen molar-refractivity contribution in [3.05, 3.63) is 104 Å². The van der Waals surface area contributed by atoms with Crippen molar-refractivity contribution in [1.82, 2.24) is 0 Å². The Morgan fingerprint density at radius 3 is 1.89 bits per heavy atom. The van der Waals surface area contributed by atoms with Crippen LogP contribution in [0.25, 0.3) is 10.8 Å². The molecule has 0 aliphatic carbocycles. The van der Waals surface area contributed by atoms with Gasteiger partial charge in [-0.25, -0.2) is 16.8 Å². The van der Waals surface area contributed by atoms with E-state index in [4.69, 9.17) is 0 Å². The zero-order chi connectivity index (χ0) is 26.1. The Balaban J connectivity index is 0.00000253. The van der Waals surface area contributed by atoms with Crippen LogP contribution in [0, 0.1) is 0 Å². The molecule has 0 fully saturated rings. The van der Waals surface area contributed by atoms with Crippen LogP contribution in [-0.2, 0) is 20.2 Å². The van der Waals surface area contributed by atoms with Gasteiger partial charge in [0.1, 0.15) is 25.6 Å². The van der Waals surface area contributed by atoms with Crippen molar-refractivity contribution in [3.8, 4) is 0 Å². The van der Waals surface area contributed by atoms with Crippen molar-refractivity contribution < 1.29 is 85.1 Å². The largest absolute Gasteiger partial charge is 1.00 e. The maximum Gasteiger partial charge on any atom is 1.00 e. The van der Waals surface area contributed by atoms with E-state index < -0.39 is 46.2 Å². The van der Waals surface area contributed by atoms with Crippen LogP contribution in [0.2, 0.25) is 0 Å². The smallest absolute Gasteiger partial charge is 0.744 e. The predicted octanol–water partition coefficient (Wildman–Crippen LogP) is -5.89. The van der Waals surface area contributed by atoms with Crippen LogP contribution in [0.4, 0.5) is 11.4 Å². The maximum absolute atomic E-state index is 12.8. The molecule has 0 unspecified atom stereocenters. The van der Waals surface area contributed by atoms with Gasteiger partial charge in [-0.1, -0.05) is 24.3 Å². The Hall–Kier alpha value is -2.24. The van der Waals surface area contributed by atoms with Crippen LogP contribution >= 0.6 is 0 Å². The zero-order valence-electron chi connectivity index (χ0n) is 19.9. The number of nitrogens with one attached hydrogen (secondary N) is 2. The topological polar surface area (TPSA) is 197 Å². The first-order chi connectivity index (χ1) is 16.9. The van der Waals surface area contributed by atoms with Crippen molar-refractivity contribution in [2.24, 2.45) is 10.2 Å². The van der Waals surface area contributed by atoms with Gasteiger partial charge in [0.15, 0.2) is 5.36 Å². The van der Waals surface area contributed by atoms with Crippen LogP contribution in [0.1, 0.15) is 0 Å². The van der Waals surface area contributed by atoms with Crippen LogP contribution < -0.4 is 91.5 Å². The molecule has 0 saturated heterocycles. The SMILES string of the molecule is O=c1cc/c(=N/Nc2ccc(S(=O)(=O)[O-])c3ccccc23)c(=O)/c1=N\Nc1ccc(S(=O)(=O)[O-])cc1.[Na+].[Na+]. The fourth-order valence-corrected chi connectivity index (χ4v) is 4.41. The molecule has 12 nitrogen and oxygen atoms in total. The average molecular weight is 572 g/mol. The normalized spacial score (nSPS) is 12.5. The van der Waals surface area contributed by atoms with Crippen LogP contribution in [-0.4, -0.2) is 25.9 Å². The number of nitrogens with zero attached hydrogens (tertiary/aromatic N) is 2. The number of benzene rings is 4. The molecule has 184 valence electrons. The van der Waals surface area contributed by atoms with Gasteiger partial charge in [-0.15, -0.1) is 0 Å². The minimum atomic E-state index is -4.73. The molecule has 0 aromatic heterocycles. The molecule has 0 spiro atoms. The summed E-state index contributed by atoms with van der Waals surface area (Å²) in [6.07, 6.45) is 0. The summed E-state index contributed by atoms with van der Waals surface area (Å²) in [7, 11) is -9.36. The van der Waals surface area contributed by atoms with E-state index in [1.165, 1.54) is 30.3 Å². The van der Waals surface area contributed by atoms with Gasteiger partial charge in [0.05, 0.1) is 21.2 Å². The fourth-order valence-electron chi connectivity index (χ4n) is 3.26. The average Bonchev–Trinajstić information content (AvgIpc) is 2.82. The third-order valence-corrected chi connectivity index (χ3v) is 6.71. The van der Waals surface area contributed by atoms with Crippen molar-refractivity contribution >= 4 is 42.4 Å². The Kier molecular flexibility index (Phi) is 10.7. The third kappa shape index (κ3) is 7.24. The Labute approximate surface area is 259 Å². The van der Waals surface area contributed by atoms with Crippen molar-refractivity contribution in [3.63, 3.8) is 0 Å². The molecule has 0 radical (unpaired) electrons. The zero-order valence-corrected chi connectivity index (χ0v) is 25.5. The molecular formula is C22H14N4Na2O8S2. The van der Waals surface area contributed by atoms with Crippen LogP contribution in [0.3, 0.4) is 0 Å². The van der Waals surface area contributed by atoms with E-state index in [0.29, 0.717) is 11.1 Å². The standard InChI is InChI=1S/C22H16N4O8S2.2Na/c27-19-11-9-18(22(28)21(19)26-23-13-5-7-14(8-6-13)35(29,30)31)25-24-17-10-12-20(36(32,33)34)16-4-2-1-3-15(16)17;;/h1-12,23-24H,(H,29,30,31)(H,32,33,34);;/q;2*+1/p-2/b25-18-,26-21-;;. The summed E-state index contributed by atoms with van der Waals surface area (Å²) in [5.41, 5.74) is 4.06. The fraction of sp³-hybridized carbons (Fsp3) is 0. The Bertz CT molecular complexity index is 1940. The summed E-state index contributed by atoms with van der Waals surface area (Å²) in [5, 5.41) is 7.61.